The molecule has 1 unspecified atom stereocenters. The van der Waals surface area contributed by atoms with Gasteiger partial charge >= 0.3 is 6.18 Å². The van der Waals surface area contributed by atoms with Crippen molar-refractivity contribution in [3.63, 3.8) is 0 Å². The first-order valence-corrected chi connectivity index (χ1v) is 13.2. The van der Waals surface area contributed by atoms with Gasteiger partial charge in [-0.2, -0.15) is 13.2 Å². The molecule has 5 nitrogen and oxygen atoms in total. The Morgan fingerprint density at radius 3 is 2.05 bits per heavy atom. The highest BCUT2D eigenvalue weighted by molar-refractivity contribution is 6.30. The van der Waals surface area contributed by atoms with Crippen LogP contribution in [0.2, 0.25) is 5.02 Å². The van der Waals surface area contributed by atoms with Crippen LogP contribution in [0.3, 0.4) is 0 Å². The van der Waals surface area contributed by atoms with E-state index in [1.165, 1.54) is 12.1 Å². The van der Waals surface area contributed by atoms with Crippen molar-refractivity contribution in [2.24, 2.45) is 5.92 Å². The molecule has 2 N–H and O–H groups in total. The molecular weight excluding hydrogens is 574 g/mol. The van der Waals surface area contributed by atoms with Crippen molar-refractivity contribution in [1.29, 1.82) is 0 Å². The molecule has 2 aromatic rings. The normalized spacial score (nSPS) is 20.1. The standard InChI is InChI=1S/C28H35ClF3N3O2.2ClH/c1-27(2,37)24-18-34(15-16-35(24)25(36)17-19-11-13-33-14-12-19)26(21-5-9-23(29)10-6-21)20-3-7-22(8-4-20)28(30,31)32;;/h3-10,19,24,26,33,37H,11-18H2,1-2H3;2*1H/t24-,26?;;/m1../s1. The molecule has 39 heavy (non-hydrogen) atoms. The van der Waals surface area contributed by atoms with E-state index in [4.69, 9.17) is 11.6 Å². The summed E-state index contributed by atoms with van der Waals surface area (Å²) in [6, 6.07) is 11.7. The first-order chi connectivity index (χ1) is 17.4. The van der Waals surface area contributed by atoms with Gasteiger partial charge in [-0.3, -0.25) is 9.69 Å². The number of nitrogens with zero attached hydrogens (tertiary/aromatic N) is 2. The Bertz CT molecular complexity index is 1060. The summed E-state index contributed by atoms with van der Waals surface area (Å²) in [5.41, 5.74) is -0.270. The predicted molar refractivity (Wildman–Crippen MR) is 153 cm³/mol. The Hall–Kier alpha value is -1.55. The van der Waals surface area contributed by atoms with Gasteiger partial charge in [0.1, 0.15) is 0 Å². The fourth-order valence-electron chi connectivity index (χ4n) is 5.51. The molecular formula is C28H37Cl3F3N3O2. The first kappa shape index (κ1) is 33.7. The van der Waals surface area contributed by atoms with Crippen molar-refractivity contribution < 1.29 is 23.1 Å². The molecule has 4 rings (SSSR count). The monoisotopic (exact) mass is 609 g/mol. The smallest absolute Gasteiger partial charge is 0.388 e. The van der Waals surface area contributed by atoms with Crippen LogP contribution < -0.4 is 5.32 Å². The van der Waals surface area contributed by atoms with E-state index in [0.29, 0.717) is 42.6 Å². The van der Waals surface area contributed by atoms with Gasteiger partial charge in [0.2, 0.25) is 5.91 Å². The Morgan fingerprint density at radius 2 is 1.54 bits per heavy atom. The van der Waals surface area contributed by atoms with Crippen LogP contribution in [-0.4, -0.2) is 65.2 Å². The van der Waals surface area contributed by atoms with Gasteiger partial charge in [-0.05, 0) is 81.1 Å². The van der Waals surface area contributed by atoms with Crippen LogP contribution in [0.1, 0.15) is 55.8 Å². The Morgan fingerprint density at radius 1 is 1.00 bits per heavy atom. The lowest BCUT2D eigenvalue weighted by atomic mass is 9.89. The third-order valence-corrected chi connectivity index (χ3v) is 7.83. The van der Waals surface area contributed by atoms with E-state index in [0.717, 1.165) is 43.6 Å². The van der Waals surface area contributed by atoms with Gasteiger partial charge in [-0.15, -0.1) is 24.8 Å². The Kier molecular flexibility index (Phi) is 12.0. The number of carbonyl (C=O) groups excluding carboxylic acids is 1. The molecule has 2 heterocycles. The number of piperidine rings is 1. The second-order valence-corrected chi connectivity index (χ2v) is 11.2. The highest BCUT2D eigenvalue weighted by Crippen LogP contribution is 2.36. The molecule has 0 bridgehead atoms. The predicted octanol–water partition coefficient (Wildman–Crippen LogP) is 5.97. The van der Waals surface area contributed by atoms with Gasteiger partial charge in [-0.25, -0.2) is 0 Å². The van der Waals surface area contributed by atoms with Gasteiger partial charge in [0.15, 0.2) is 0 Å². The first-order valence-electron chi connectivity index (χ1n) is 12.8. The van der Waals surface area contributed by atoms with Crippen molar-refractivity contribution >= 4 is 42.3 Å². The van der Waals surface area contributed by atoms with Crippen LogP contribution in [0.25, 0.3) is 0 Å². The van der Waals surface area contributed by atoms with Gasteiger partial charge in [0, 0.05) is 31.1 Å². The maximum absolute atomic E-state index is 13.4. The quantitative estimate of drug-likeness (QED) is 0.424. The molecule has 2 atom stereocenters. The number of piperazine rings is 1. The summed E-state index contributed by atoms with van der Waals surface area (Å²) < 4.78 is 39.7. The third-order valence-electron chi connectivity index (χ3n) is 7.57. The summed E-state index contributed by atoms with van der Waals surface area (Å²) in [5.74, 6) is 0.388. The average molecular weight is 611 g/mol. The second-order valence-electron chi connectivity index (χ2n) is 10.7. The van der Waals surface area contributed by atoms with E-state index in [2.05, 4.69) is 10.2 Å². The van der Waals surface area contributed by atoms with E-state index in [9.17, 15) is 23.1 Å². The number of nitrogens with one attached hydrogen (secondary N) is 1. The zero-order chi connectivity index (χ0) is 26.8. The van der Waals surface area contributed by atoms with Crippen LogP contribution in [-0.2, 0) is 11.0 Å². The van der Waals surface area contributed by atoms with E-state index in [1.54, 1.807) is 26.0 Å². The molecule has 2 fully saturated rings. The number of hydrogen-bond acceptors (Lipinski definition) is 4. The summed E-state index contributed by atoms with van der Waals surface area (Å²) in [4.78, 5) is 17.3. The van der Waals surface area contributed by atoms with Gasteiger partial charge in [0.05, 0.1) is 23.2 Å². The molecule has 11 heteroatoms. The van der Waals surface area contributed by atoms with Crippen LogP contribution in [0.15, 0.2) is 48.5 Å². The van der Waals surface area contributed by atoms with Crippen LogP contribution in [0.4, 0.5) is 13.2 Å². The molecule has 0 aliphatic carbocycles. The maximum Gasteiger partial charge on any atom is 0.416 e. The van der Waals surface area contributed by atoms with Gasteiger partial charge < -0.3 is 15.3 Å². The molecule has 218 valence electrons. The minimum Gasteiger partial charge on any atom is -0.388 e. The van der Waals surface area contributed by atoms with Crippen molar-refractivity contribution in [2.45, 2.75) is 57.0 Å². The summed E-state index contributed by atoms with van der Waals surface area (Å²) >= 11 is 6.12. The number of aliphatic hydroxyl groups is 1. The fraction of sp³-hybridized carbons (Fsp3) is 0.536. The van der Waals surface area contributed by atoms with Crippen LogP contribution >= 0.6 is 36.4 Å². The average Bonchev–Trinajstić information content (AvgIpc) is 2.85. The topological polar surface area (TPSA) is 55.8 Å². The molecule has 0 radical (unpaired) electrons. The van der Waals surface area contributed by atoms with Crippen molar-refractivity contribution in [2.75, 3.05) is 32.7 Å². The van der Waals surface area contributed by atoms with E-state index in [-0.39, 0.29) is 36.8 Å². The molecule has 2 aromatic carbocycles. The van der Waals surface area contributed by atoms with E-state index < -0.39 is 23.4 Å². The molecule has 0 aromatic heterocycles. The highest BCUT2D eigenvalue weighted by Gasteiger charge is 2.42. The molecule has 2 aliphatic heterocycles. The molecule has 2 aliphatic rings. The second kappa shape index (κ2) is 13.9. The number of amides is 1. The van der Waals surface area contributed by atoms with E-state index >= 15 is 0 Å². The number of alkyl halides is 3. The number of benzene rings is 2. The minimum absolute atomic E-state index is 0. The number of rotatable bonds is 6. The number of halogens is 6. The maximum atomic E-state index is 13.4. The summed E-state index contributed by atoms with van der Waals surface area (Å²) in [6.07, 6.45) is -2.02. The summed E-state index contributed by atoms with van der Waals surface area (Å²) in [7, 11) is 0. The molecule has 0 spiro atoms. The number of carbonyl (C=O) groups is 1. The zero-order valence-corrected chi connectivity index (χ0v) is 24.5. The molecule has 0 saturated carbocycles. The van der Waals surface area contributed by atoms with Crippen molar-refractivity contribution in [3.05, 3.63) is 70.2 Å². The van der Waals surface area contributed by atoms with Gasteiger partial charge in [-0.1, -0.05) is 35.9 Å². The zero-order valence-electron chi connectivity index (χ0n) is 22.1. The summed E-state index contributed by atoms with van der Waals surface area (Å²) in [6.45, 7) is 6.59. The molecule has 2 saturated heterocycles. The van der Waals surface area contributed by atoms with Crippen LogP contribution in [0, 0.1) is 5.92 Å². The lowest BCUT2D eigenvalue weighted by Gasteiger charge is -2.49. The molecule has 1 amide bonds. The SMILES string of the molecule is CC(C)(O)[C@H]1CN(C(c2ccc(Cl)cc2)c2ccc(C(F)(F)F)cc2)CCN1C(=O)CC1CCNCC1.Cl.Cl. The van der Waals surface area contributed by atoms with Crippen LogP contribution in [0.5, 0.6) is 0 Å². The summed E-state index contributed by atoms with van der Waals surface area (Å²) in [5, 5.41) is 15.0. The largest absolute Gasteiger partial charge is 0.416 e. The Labute approximate surface area is 245 Å². The minimum atomic E-state index is -4.42. The lowest BCUT2D eigenvalue weighted by Crippen LogP contribution is -2.63. The fourth-order valence-corrected chi connectivity index (χ4v) is 5.63. The van der Waals surface area contributed by atoms with Crippen molar-refractivity contribution in [3.8, 4) is 0 Å². The van der Waals surface area contributed by atoms with Gasteiger partial charge in [0.25, 0.3) is 0 Å². The van der Waals surface area contributed by atoms with Crippen molar-refractivity contribution in [1.82, 2.24) is 15.1 Å². The number of hydrogen-bond donors (Lipinski definition) is 2. The third kappa shape index (κ3) is 8.47. The Balaban J connectivity index is 0.00000267. The highest BCUT2D eigenvalue weighted by atomic mass is 35.5. The lowest BCUT2D eigenvalue weighted by molar-refractivity contribution is -0.146. The van der Waals surface area contributed by atoms with E-state index in [1.807, 2.05) is 17.0 Å².